The van der Waals surface area contributed by atoms with Crippen LogP contribution < -0.4 is 5.32 Å². The first-order valence-electron chi connectivity index (χ1n) is 8.73. The third-order valence-electron chi connectivity index (χ3n) is 5.36. The molecule has 22 heavy (non-hydrogen) atoms. The van der Waals surface area contributed by atoms with Gasteiger partial charge in [0.1, 0.15) is 0 Å². The molecule has 1 N–H and O–H groups in total. The highest BCUT2D eigenvalue weighted by atomic mass is 16.1. The van der Waals surface area contributed by atoms with E-state index in [-0.39, 0.29) is 11.8 Å². The van der Waals surface area contributed by atoms with Crippen LogP contribution in [0.3, 0.4) is 0 Å². The third-order valence-corrected chi connectivity index (χ3v) is 5.36. The van der Waals surface area contributed by atoms with Crippen LogP contribution in [0.1, 0.15) is 44.2 Å². The zero-order valence-electron chi connectivity index (χ0n) is 13.8. The van der Waals surface area contributed by atoms with Gasteiger partial charge in [-0.05, 0) is 36.3 Å². The summed E-state index contributed by atoms with van der Waals surface area (Å²) in [7, 11) is 0. The van der Waals surface area contributed by atoms with Gasteiger partial charge >= 0.3 is 0 Å². The van der Waals surface area contributed by atoms with E-state index in [0.29, 0.717) is 12.0 Å². The Bertz CT molecular complexity index is 522. The third kappa shape index (κ3) is 3.35. The Morgan fingerprint density at radius 2 is 2.00 bits per heavy atom. The van der Waals surface area contributed by atoms with Crippen molar-refractivity contribution >= 4 is 5.91 Å². The molecule has 0 unspecified atom stereocenters. The van der Waals surface area contributed by atoms with Crippen molar-refractivity contribution in [3.8, 4) is 0 Å². The van der Waals surface area contributed by atoms with E-state index >= 15 is 0 Å². The highest BCUT2D eigenvalue weighted by Gasteiger charge is 2.29. The zero-order chi connectivity index (χ0) is 15.5. The van der Waals surface area contributed by atoms with Gasteiger partial charge in [0.2, 0.25) is 5.91 Å². The first kappa shape index (κ1) is 15.5. The Kier molecular flexibility index (Phi) is 4.82. The topological polar surface area (TPSA) is 32.3 Å². The highest BCUT2D eigenvalue weighted by molar-refractivity contribution is 5.79. The molecule has 3 nitrogen and oxygen atoms in total. The Labute approximate surface area is 134 Å². The van der Waals surface area contributed by atoms with Crippen LogP contribution in [-0.4, -0.2) is 29.9 Å². The summed E-state index contributed by atoms with van der Waals surface area (Å²) in [6.07, 6.45) is 4.50. The van der Waals surface area contributed by atoms with Crippen molar-refractivity contribution in [1.29, 1.82) is 0 Å². The number of benzene rings is 1. The van der Waals surface area contributed by atoms with Crippen LogP contribution in [0.15, 0.2) is 24.3 Å². The minimum atomic E-state index is 0.273. The second-order valence-electron chi connectivity index (χ2n) is 7.17. The van der Waals surface area contributed by atoms with E-state index < -0.39 is 0 Å². The van der Waals surface area contributed by atoms with Crippen LogP contribution in [0, 0.1) is 11.8 Å². The maximum atomic E-state index is 12.1. The van der Waals surface area contributed by atoms with Crippen LogP contribution in [0.2, 0.25) is 0 Å². The molecule has 1 aromatic rings. The highest BCUT2D eigenvalue weighted by Crippen LogP contribution is 2.27. The largest absolute Gasteiger partial charge is 0.354 e. The molecule has 1 aromatic carbocycles. The van der Waals surface area contributed by atoms with E-state index in [1.165, 1.54) is 17.5 Å². The number of nitrogens with zero attached hydrogens (tertiary/aromatic N) is 1. The van der Waals surface area contributed by atoms with Crippen molar-refractivity contribution in [2.45, 2.75) is 52.1 Å². The minimum Gasteiger partial charge on any atom is -0.354 e. The van der Waals surface area contributed by atoms with E-state index in [1.807, 2.05) is 0 Å². The molecule has 2 aliphatic rings. The molecule has 0 aromatic heterocycles. The van der Waals surface area contributed by atoms with Crippen LogP contribution in [0.5, 0.6) is 0 Å². The van der Waals surface area contributed by atoms with Gasteiger partial charge in [0.15, 0.2) is 0 Å². The Morgan fingerprint density at radius 1 is 1.27 bits per heavy atom. The Morgan fingerprint density at radius 3 is 2.64 bits per heavy atom. The van der Waals surface area contributed by atoms with E-state index in [1.54, 1.807) is 0 Å². The smallest absolute Gasteiger partial charge is 0.223 e. The van der Waals surface area contributed by atoms with Crippen LogP contribution in [-0.2, 0) is 17.8 Å². The molecule has 1 saturated carbocycles. The summed E-state index contributed by atoms with van der Waals surface area (Å²) < 4.78 is 0. The van der Waals surface area contributed by atoms with Crippen LogP contribution in [0.4, 0.5) is 0 Å². The van der Waals surface area contributed by atoms with Gasteiger partial charge in [-0.3, -0.25) is 9.69 Å². The number of rotatable bonds is 5. The average molecular weight is 300 g/mol. The second kappa shape index (κ2) is 6.82. The summed E-state index contributed by atoms with van der Waals surface area (Å²) in [4.78, 5) is 14.7. The molecule has 3 rings (SSSR count). The second-order valence-corrected chi connectivity index (χ2v) is 7.17. The predicted molar refractivity (Wildman–Crippen MR) is 89.5 cm³/mol. The van der Waals surface area contributed by atoms with E-state index in [4.69, 9.17) is 0 Å². The standard InChI is InChI=1S/C19H28N2O/c1-14(2)18(12-20-19(22)16-8-5-9-16)21-11-10-15-6-3-4-7-17(15)13-21/h3-4,6-7,14,16,18H,5,8-13H2,1-2H3,(H,20,22)/t18-/m1/s1. The summed E-state index contributed by atoms with van der Waals surface area (Å²) >= 11 is 0. The summed E-state index contributed by atoms with van der Waals surface area (Å²) in [5.41, 5.74) is 2.93. The fourth-order valence-electron chi connectivity index (χ4n) is 3.61. The molecule has 1 fully saturated rings. The summed E-state index contributed by atoms with van der Waals surface area (Å²) in [5, 5.41) is 3.21. The molecule has 1 aliphatic carbocycles. The van der Waals surface area contributed by atoms with E-state index in [9.17, 15) is 4.79 Å². The van der Waals surface area contributed by atoms with Crippen molar-refractivity contribution in [1.82, 2.24) is 10.2 Å². The lowest BCUT2D eigenvalue weighted by Gasteiger charge is -2.38. The van der Waals surface area contributed by atoms with Gasteiger partial charge in [0, 0.05) is 31.6 Å². The molecule has 0 radical (unpaired) electrons. The van der Waals surface area contributed by atoms with Crippen LogP contribution in [0.25, 0.3) is 0 Å². The van der Waals surface area contributed by atoms with Crippen LogP contribution >= 0.6 is 0 Å². The molecule has 1 aliphatic heterocycles. The number of hydrogen-bond donors (Lipinski definition) is 1. The van der Waals surface area contributed by atoms with Crippen molar-refractivity contribution < 1.29 is 4.79 Å². The fourth-order valence-corrected chi connectivity index (χ4v) is 3.61. The van der Waals surface area contributed by atoms with Crippen molar-refractivity contribution in [3.63, 3.8) is 0 Å². The van der Waals surface area contributed by atoms with E-state index in [0.717, 1.165) is 38.9 Å². The fraction of sp³-hybridized carbons (Fsp3) is 0.632. The van der Waals surface area contributed by atoms with Crippen molar-refractivity contribution in [3.05, 3.63) is 35.4 Å². The van der Waals surface area contributed by atoms with Gasteiger partial charge in [-0.2, -0.15) is 0 Å². The van der Waals surface area contributed by atoms with Crippen molar-refractivity contribution in [2.24, 2.45) is 11.8 Å². The van der Waals surface area contributed by atoms with Gasteiger partial charge in [0.25, 0.3) is 0 Å². The lowest BCUT2D eigenvalue weighted by atomic mass is 9.84. The molecule has 0 saturated heterocycles. The molecule has 0 spiro atoms. The normalized spacial score (nSPS) is 20.3. The quantitative estimate of drug-likeness (QED) is 0.906. The summed E-state index contributed by atoms with van der Waals surface area (Å²) in [6.45, 7) is 7.42. The SMILES string of the molecule is CC(C)[C@@H](CNC(=O)C1CCC1)N1CCc2ccccc2C1. The first-order valence-corrected chi connectivity index (χ1v) is 8.73. The minimum absolute atomic E-state index is 0.273. The lowest BCUT2D eigenvalue weighted by molar-refractivity contribution is -0.127. The molecular formula is C19H28N2O. The maximum absolute atomic E-state index is 12.1. The average Bonchev–Trinajstić information content (AvgIpc) is 2.45. The van der Waals surface area contributed by atoms with Gasteiger partial charge in [-0.1, -0.05) is 44.5 Å². The number of carbonyl (C=O) groups excluding carboxylic acids is 1. The number of hydrogen-bond acceptors (Lipinski definition) is 2. The monoisotopic (exact) mass is 300 g/mol. The van der Waals surface area contributed by atoms with Crippen molar-refractivity contribution in [2.75, 3.05) is 13.1 Å². The summed E-state index contributed by atoms with van der Waals surface area (Å²) in [5.74, 6) is 1.11. The predicted octanol–water partition coefficient (Wildman–Crippen LogP) is 2.99. The number of nitrogens with one attached hydrogen (secondary N) is 1. The lowest BCUT2D eigenvalue weighted by Crippen LogP contribution is -2.49. The van der Waals surface area contributed by atoms with Gasteiger partial charge < -0.3 is 5.32 Å². The molecule has 3 heteroatoms. The van der Waals surface area contributed by atoms with Gasteiger partial charge in [-0.25, -0.2) is 0 Å². The Hall–Kier alpha value is -1.35. The Balaban J connectivity index is 1.60. The number of carbonyl (C=O) groups is 1. The maximum Gasteiger partial charge on any atom is 0.223 e. The molecule has 0 bridgehead atoms. The molecule has 1 heterocycles. The van der Waals surface area contributed by atoms with Gasteiger partial charge in [0.05, 0.1) is 0 Å². The molecule has 120 valence electrons. The first-order chi connectivity index (χ1) is 10.6. The van der Waals surface area contributed by atoms with E-state index in [2.05, 4.69) is 48.3 Å². The zero-order valence-corrected chi connectivity index (χ0v) is 13.8. The molecule has 1 atom stereocenters. The number of amides is 1. The molecular weight excluding hydrogens is 272 g/mol. The molecule has 1 amide bonds. The summed E-state index contributed by atoms with van der Waals surface area (Å²) in [6, 6.07) is 9.18. The number of fused-ring (bicyclic) bond motifs is 1. The van der Waals surface area contributed by atoms with Gasteiger partial charge in [-0.15, -0.1) is 0 Å².